The first-order valence-electron chi connectivity index (χ1n) is 20.2. The molecule has 0 aromatic rings. The first-order valence-corrected chi connectivity index (χ1v) is 20.2. The van der Waals surface area contributed by atoms with Crippen molar-refractivity contribution in [1.29, 1.82) is 0 Å². The van der Waals surface area contributed by atoms with Gasteiger partial charge in [0.1, 0.15) is 0 Å². The number of unbranched alkanes of at least 4 members (excludes halogenated alkanes) is 20. The minimum absolute atomic E-state index is 0.146. The molecule has 0 atom stereocenters. The molecule has 0 fully saturated rings. The molecule has 0 spiro atoms. The van der Waals surface area contributed by atoms with Crippen LogP contribution in [0.4, 0.5) is 0 Å². The fourth-order valence-corrected chi connectivity index (χ4v) is 4.95. The summed E-state index contributed by atoms with van der Waals surface area (Å²) in [4.78, 5) is 43.8. The molecule has 292 valence electrons. The predicted octanol–water partition coefficient (Wildman–Crippen LogP) is 12.2. The Morgan fingerprint density at radius 1 is 0.388 bits per heavy atom. The van der Waals surface area contributed by atoms with Crippen LogP contribution in [0.3, 0.4) is 0 Å². The van der Waals surface area contributed by atoms with Crippen molar-refractivity contribution in [3.8, 4) is 0 Å². The maximum atomic E-state index is 11.8. The molecule has 0 aromatic carbocycles. The third-order valence-corrected chi connectivity index (χ3v) is 8.21. The average molecular weight is 701 g/mol. The van der Waals surface area contributed by atoms with Crippen molar-refractivity contribution in [2.75, 3.05) is 13.2 Å². The minimum Gasteiger partial charge on any atom is -0.481 e. The average Bonchev–Trinajstić information content (AvgIpc) is 3.06. The van der Waals surface area contributed by atoms with Gasteiger partial charge in [0.05, 0.1) is 13.2 Å². The Kier molecular flexibility index (Phi) is 42.2. The van der Waals surface area contributed by atoms with Crippen LogP contribution in [0.25, 0.3) is 0 Å². The van der Waals surface area contributed by atoms with Crippen molar-refractivity contribution in [3.63, 3.8) is 0 Å². The molecule has 8 heteroatoms. The van der Waals surface area contributed by atoms with Gasteiger partial charge in [-0.15, -0.1) is 0 Å². The van der Waals surface area contributed by atoms with E-state index in [1.54, 1.807) is 0 Å². The molecule has 8 nitrogen and oxygen atoms in total. The molecule has 0 radical (unpaired) electrons. The summed E-state index contributed by atoms with van der Waals surface area (Å²) in [6.07, 6.45) is 29.4. The van der Waals surface area contributed by atoms with Gasteiger partial charge in [-0.2, -0.15) is 0 Å². The monoisotopic (exact) mass is 701 g/mol. The number of carboxylic acids is 2. The van der Waals surface area contributed by atoms with Gasteiger partial charge in [0, 0.05) is 31.1 Å². The van der Waals surface area contributed by atoms with Crippen LogP contribution < -0.4 is 0 Å². The Hall–Kier alpha value is -2.12. The van der Waals surface area contributed by atoms with E-state index < -0.39 is 11.9 Å². The lowest BCUT2D eigenvalue weighted by molar-refractivity contribution is -0.153. The molecule has 0 saturated heterocycles. The van der Waals surface area contributed by atoms with Crippen molar-refractivity contribution >= 4 is 23.9 Å². The van der Waals surface area contributed by atoms with E-state index >= 15 is 0 Å². The van der Waals surface area contributed by atoms with E-state index in [9.17, 15) is 19.2 Å². The molecule has 0 aliphatic heterocycles. The Balaban J connectivity index is -0.000000734. The Morgan fingerprint density at radius 2 is 0.612 bits per heavy atom. The summed E-state index contributed by atoms with van der Waals surface area (Å²) < 4.78 is 10.7. The van der Waals surface area contributed by atoms with Crippen molar-refractivity contribution in [2.45, 2.75) is 221 Å². The van der Waals surface area contributed by atoms with E-state index in [4.69, 9.17) is 19.7 Å². The highest BCUT2D eigenvalue weighted by molar-refractivity contribution is 5.70. The fourth-order valence-electron chi connectivity index (χ4n) is 4.95. The van der Waals surface area contributed by atoms with Crippen molar-refractivity contribution in [2.24, 2.45) is 5.41 Å². The van der Waals surface area contributed by atoms with E-state index in [0.717, 1.165) is 51.4 Å². The van der Waals surface area contributed by atoms with Crippen LogP contribution in [-0.2, 0) is 28.7 Å². The van der Waals surface area contributed by atoms with Gasteiger partial charge in [0.25, 0.3) is 0 Å². The van der Waals surface area contributed by atoms with Crippen LogP contribution in [0.5, 0.6) is 0 Å². The highest BCUT2D eigenvalue weighted by Gasteiger charge is 2.22. The maximum absolute atomic E-state index is 11.8. The van der Waals surface area contributed by atoms with Gasteiger partial charge in [-0.25, -0.2) is 0 Å². The molecule has 0 rings (SSSR count). The van der Waals surface area contributed by atoms with Gasteiger partial charge in [0.2, 0.25) is 0 Å². The quantitative estimate of drug-likeness (QED) is 0.0524. The third-order valence-electron chi connectivity index (χ3n) is 8.21. The third kappa shape index (κ3) is 50.4. The van der Waals surface area contributed by atoms with Crippen molar-refractivity contribution < 1.29 is 38.9 Å². The lowest BCUT2D eigenvalue weighted by Gasteiger charge is -2.23. The molecule has 2 N–H and O–H groups in total. The topological polar surface area (TPSA) is 127 Å². The van der Waals surface area contributed by atoms with Crippen LogP contribution in [0.15, 0.2) is 0 Å². The Bertz CT molecular complexity index is 690. The first kappa shape index (κ1) is 51.3. The summed E-state index contributed by atoms with van der Waals surface area (Å²) in [5.74, 6) is -1.62. The lowest BCUT2D eigenvalue weighted by atomic mass is 9.96. The number of hydrogen-bond donors (Lipinski definition) is 2. The number of carbonyl (C=O) groups excluding carboxylic acids is 2. The first-order chi connectivity index (χ1) is 23.4. The van der Waals surface area contributed by atoms with Crippen molar-refractivity contribution in [3.05, 3.63) is 0 Å². The molecule has 0 aromatic heterocycles. The number of carboxylic acid groups (broad SMARTS) is 2. The van der Waals surface area contributed by atoms with Crippen LogP contribution >= 0.6 is 0 Å². The van der Waals surface area contributed by atoms with E-state index in [1.165, 1.54) is 103 Å². The minimum atomic E-state index is -0.663. The van der Waals surface area contributed by atoms with Gasteiger partial charge in [0.15, 0.2) is 0 Å². The highest BCUT2D eigenvalue weighted by Crippen LogP contribution is 2.18. The number of rotatable bonds is 32. The molecule has 0 aliphatic carbocycles. The normalized spacial score (nSPS) is 10.7. The maximum Gasteiger partial charge on any atom is 0.305 e. The summed E-state index contributed by atoms with van der Waals surface area (Å²) in [7, 11) is 0. The Labute approximate surface area is 302 Å². The van der Waals surface area contributed by atoms with Gasteiger partial charge in [-0.3, -0.25) is 19.2 Å². The molecular formula is C41H80O8. The SMILES string of the molecule is CCCCCCCC(=O)OCC(C)(C)COC(=O)CCCCCCC.CCCCCCCCCC(=O)O.CCCCCCCCCC(=O)O. The standard InChI is InChI=1S/C21H40O4.2C10H20O2/c1-5-7-9-11-13-15-19(22)24-17-21(3,4)18-25-20(23)16-14-12-10-8-6-2;2*1-2-3-4-5-6-7-8-9-10(11)12/h5-18H2,1-4H3;2*2-9H2,1H3,(H,11,12). The number of carbonyl (C=O) groups is 4. The number of aliphatic carboxylic acids is 2. The zero-order valence-electron chi connectivity index (χ0n) is 33.1. The van der Waals surface area contributed by atoms with E-state index in [0.29, 0.717) is 38.9 Å². The van der Waals surface area contributed by atoms with E-state index in [2.05, 4.69) is 27.7 Å². The number of hydrogen-bond acceptors (Lipinski definition) is 6. The molecular weight excluding hydrogens is 620 g/mol. The van der Waals surface area contributed by atoms with Gasteiger partial charge >= 0.3 is 23.9 Å². The van der Waals surface area contributed by atoms with Gasteiger partial charge in [-0.05, 0) is 25.7 Å². The van der Waals surface area contributed by atoms with Crippen molar-refractivity contribution in [1.82, 2.24) is 0 Å². The largest absolute Gasteiger partial charge is 0.481 e. The second-order valence-corrected chi connectivity index (χ2v) is 14.3. The Morgan fingerprint density at radius 3 is 0.857 bits per heavy atom. The molecule has 49 heavy (non-hydrogen) atoms. The summed E-state index contributed by atoms with van der Waals surface area (Å²) in [6, 6.07) is 0. The fraction of sp³-hybridized carbons (Fsp3) is 0.902. The van der Waals surface area contributed by atoms with Crippen LogP contribution in [0, 0.1) is 5.41 Å². The van der Waals surface area contributed by atoms with E-state index in [1.807, 2.05) is 13.8 Å². The lowest BCUT2D eigenvalue weighted by Crippen LogP contribution is -2.28. The van der Waals surface area contributed by atoms with Crippen LogP contribution in [0.2, 0.25) is 0 Å². The molecule has 0 bridgehead atoms. The zero-order chi connectivity index (χ0) is 37.4. The molecule has 0 saturated carbocycles. The van der Waals surface area contributed by atoms with E-state index in [-0.39, 0.29) is 17.4 Å². The smallest absolute Gasteiger partial charge is 0.305 e. The summed E-state index contributed by atoms with van der Waals surface area (Å²) >= 11 is 0. The number of esters is 2. The molecule has 0 amide bonds. The zero-order valence-corrected chi connectivity index (χ0v) is 33.1. The van der Waals surface area contributed by atoms with Gasteiger partial charge < -0.3 is 19.7 Å². The van der Waals surface area contributed by atoms with Gasteiger partial charge in [-0.1, -0.05) is 170 Å². The molecule has 0 aliphatic rings. The summed E-state index contributed by atoms with van der Waals surface area (Å²) in [5, 5.41) is 16.7. The summed E-state index contributed by atoms with van der Waals surface area (Å²) in [6.45, 7) is 13.3. The molecule has 0 unspecified atom stereocenters. The number of ether oxygens (including phenoxy) is 2. The second-order valence-electron chi connectivity index (χ2n) is 14.3. The predicted molar refractivity (Wildman–Crippen MR) is 203 cm³/mol. The van der Waals surface area contributed by atoms with Crippen LogP contribution in [-0.4, -0.2) is 47.3 Å². The highest BCUT2D eigenvalue weighted by atomic mass is 16.5. The van der Waals surface area contributed by atoms with Crippen LogP contribution in [0.1, 0.15) is 221 Å². The molecule has 0 heterocycles. The summed E-state index contributed by atoms with van der Waals surface area (Å²) in [5.41, 5.74) is -0.338. The second kappa shape index (κ2) is 40.3.